The Morgan fingerprint density at radius 1 is 1.20 bits per heavy atom. The molecule has 78 valence electrons. The average Bonchev–Trinajstić information content (AvgIpc) is 2.25. The number of nitrogens with zero attached hydrogens (tertiary/aromatic N) is 2. The molecule has 2 nitrogen and oxygen atoms in total. The van der Waals surface area contributed by atoms with Crippen LogP contribution < -0.4 is 0 Å². The summed E-state index contributed by atoms with van der Waals surface area (Å²) in [6, 6.07) is 13.4. The minimum absolute atomic E-state index is 0.0994. The van der Waals surface area contributed by atoms with E-state index >= 15 is 0 Å². The second kappa shape index (κ2) is 3.36. The molecule has 0 aliphatic carbocycles. The highest BCUT2D eigenvalue weighted by atomic mass is 15.4. The number of likely N-dealkylation sites (N-methyl/N-ethyl adjacent to an activating group) is 1. The van der Waals surface area contributed by atoms with Gasteiger partial charge in [-0.2, -0.15) is 5.26 Å². The quantitative estimate of drug-likeness (QED) is 0.639. The van der Waals surface area contributed by atoms with Crippen molar-refractivity contribution in [3.8, 4) is 6.07 Å². The van der Waals surface area contributed by atoms with Gasteiger partial charge in [-0.3, -0.25) is 0 Å². The Balaban J connectivity index is 2.30. The van der Waals surface area contributed by atoms with Gasteiger partial charge >= 0.3 is 0 Å². The predicted octanol–water partition coefficient (Wildman–Crippen LogP) is 2.14. The summed E-state index contributed by atoms with van der Waals surface area (Å²) in [5.74, 6) is 0.395. The molecule has 1 aliphatic heterocycles. The normalized spacial score (nSPS) is 32.8. The molecule has 1 fully saturated rings. The molecule has 1 aliphatic rings. The van der Waals surface area contributed by atoms with Gasteiger partial charge in [-0.15, -0.1) is 0 Å². The van der Waals surface area contributed by atoms with Crippen molar-refractivity contribution < 1.29 is 4.48 Å². The molecule has 1 aromatic carbocycles. The predicted molar refractivity (Wildman–Crippen MR) is 60.2 cm³/mol. The lowest BCUT2D eigenvalue weighted by Crippen LogP contribution is -2.70. The number of rotatable bonds is 1. The van der Waals surface area contributed by atoms with Crippen molar-refractivity contribution in [2.75, 3.05) is 14.1 Å². The second-order valence-corrected chi connectivity index (χ2v) is 4.88. The van der Waals surface area contributed by atoms with Gasteiger partial charge in [-0.05, 0) is 12.5 Å². The summed E-state index contributed by atoms with van der Waals surface area (Å²) in [6.07, 6.45) is 0. The molecule has 0 aromatic heterocycles. The van der Waals surface area contributed by atoms with Crippen LogP contribution in [0.3, 0.4) is 0 Å². The van der Waals surface area contributed by atoms with E-state index in [1.165, 1.54) is 5.56 Å². The lowest BCUT2D eigenvalue weighted by Gasteiger charge is -2.55. The summed E-state index contributed by atoms with van der Waals surface area (Å²) in [7, 11) is 4.27. The first-order valence-corrected chi connectivity index (χ1v) is 5.37. The van der Waals surface area contributed by atoms with Crippen molar-refractivity contribution in [1.82, 2.24) is 0 Å². The lowest BCUT2D eigenvalue weighted by molar-refractivity contribution is -0.975. The Labute approximate surface area is 91.3 Å². The third-order valence-electron chi connectivity index (χ3n) is 3.94. The van der Waals surface area contributed by atoms with Crippen molar-refractivity contribution in [2.45, 2.75) is 24.9 Å². The molecule has 1 saturated heterocycles. The second-order valence-electron chi connectivity index (χ2n) is 4.88. The first-order chi connectivity index (χ1) is 7.09. The van der Waals surface area contributed by atoms with E-state index in [1.54, 1.807) is 0 Å². The SMILES string of the molecule is C[C@H]1[C@H](c2ccccc2)[C@@H](C#N)[N+]1(C)C. The highest BCUT2D eigenvalue weighted by Crippen LogP contribution is 2.43. The van der Waals surface area contributed by atoms with E-state index in [1.807, 2.05) is 6.07 Å². The fraction of sp³-hybridized carbons (Fsp3) is 0.462. The van der Waals surface area contributed by atoms with Crippen LogP contribution in [0.1, 0.15) is 18.4 Å². The van der Waals surface area contributed by atoms with Crippen molar-refractivity contribution in [1.29, 1.82) is 5.26 Å². The molecule has 1 aromatic rings. The first kappa shape index (κ1) is 10.2. The summed E-state index contributed by atoms with van der Waals surface area (Å²) < 4.78 is 0.816. The van der Waals surface area contributed by atoms with E-state index in [2.05, 4.69) is 51.4 Å². The Morgan fingerprint density at radius 2 is 1.80 bits per heavy atom. The zero-order valence-electron chi connectivity index (χ0n) is 9.51. The van der Waals surface area contributed by atoms with Crippen LogP contribution in [0, 0.1) is 11.3 Å². The Morgan fingerprint density at radius 3 is 2.33 bits per heavy atom. The van der Waals surface area contributed by atoms with Gasteiger partial charge in [0.15, 0.2) is 6.04 Å². The van der Waals surface area contributed by atoms with Crippen molar-refractivity contribution in [3.05, 3.63) is 35.9 Å². The van der Waals surface area contributed by atoms with Gasteiger partial charge in [0.25, 0.3) is 0 Å². The van der Waals surface area contributed by atoms with Gasteiger partial charge in [0.1, 0.15) is 18.0 Å². The maximum Gasteiger partial charge on any atom is 0.188 e. The summed E-state index contributed by atoms with van der Waals surface area (Å²) in [4.78, 5) is 0. The van der Waals surface area contributed by atoms with Crippen LogP contribution in [0.2, 0.25) is 0 Å². The zero-order chi connectivity index (χ0) is 11.1. The number of benzene rings is 1. The van der Waals surface area contributed by atoms with Crippen LogP contribution in [0.4, 0.5) is 0 Å². The van der Waals surface area contributed by atoms with Gasteiger partial charge < -0.3 is 4.48 Å². The number of hydrogen-bond donors (Lipinski definition) is 0. The van der Waals surface area contributed by atoms with Crippen LogP contribution >= 0.6 is 0 Å². The molecule has 0 amide bonds. The first-order valence-electron chi connectivity index (χ1n) is 5.37. The number of nitriles is 1. The van der Waals surface area contributed by atoms with Crippen LogP contribution in [0.25, 0.3) is 0 Å². The van der Waals surface area contributed by atoms with E-state index in [0.717, 1.165) is 4.48 Å². The van der Waals surface area contributed by atoms with Gasteiger partial charge in [0.05, 0.1) is 14.1 Å². The van der Waals surface area contributed by atoms with E-state index < -0.39 is 0 Å². The molecule has 0 N–H and O–H groups in total. The Kier molecular flexibility index (Phi) is 2.28. The highest BCUT2D eigenvalue weighted by molar-refractivity contribution is 5.27. The number of hydrogen-bond acceptors (Lipinski definition) is 1. The fourth-order valence-electron chi connectivity index (χ4n) is 2.61. The fourth-order valence-corrected chi connectivity index (χ4v) is 2.61. The van der Waals surface area contributed by atoms with Crippen molar-refractivity contribution in [2.24, 2.45) is 0 Å². The standard InChI is InChI=1S/C13H17N2/c1-10-13(11-7-5-4-6-8-11)12(9-14)15(10,2)3/h4-8,10,12-13H,1-3H3/q+1/t10-,12+,13+/m0/s1. The number of quaternary nitrogens is 1. The summed E-state index contributed by atoms with van der Waals surface area (Å²) >= 11 is 0. The van der Waals surface area contributed by atoms with Crippen LogP contribution in [0.15, 0.2) is 30.3 Å². The Hall–Kier alpha value is -1.33. The maximum absolute atomic E-state index is 9.21. The molecule has 0 unspecified atom stereocenters. The summed E-state index contributed by atoms with van der Waals surface area (Å²) in [5, 5.41) is 9.21. The molecular formula is C13H17N2+. The van der Waals surface area contributed by atoms with Gasteiger partial charge in [-0.25, -0.2) is 0 Å². The molecule has 0 bridgehead atoms. The van der Waals surface area contributed by atoms with Crippen molar-refractivity contribution >= 4 is 0 Å². The van der Waals surface area contributed by atoms with Gasteiger partial charge in [0, 0.05) is 0 Å². The van der Waals surface area contributed by atoms with Crippen LogP contribution in [-0.4, -0.2) is 30.7 Å². The van der Waals surface area contributed by atoms with Crippen molar-refractivity contribution in [3.63, 3.8) is 0 Å². The van der Waals surface area contributed by atoms with Crippen LogP contribution in [-0.2, 0) is 0 Å². The molecule has 3 atom stereocenters. The molecule has 0 spiro atoms. The topological polar surface area (TPSA) is 23.8 Å². The summed E-state index contributed by atoms with van der Waals surface area (Å²) in [5.41, 5.74) is 1.30. The van der Waals surface area contributed by atoms with Gasteiger partial charge in [0.2, 0.25) is 0 Å². The average molecular weight is 201 g/mol. The monoisotopic (exact) mass is 201 g/mol. The molecule has 2 rings (SSSR count). The van der Waals surface area contributed by atoms with Gasteiger partial charge in [-0.1, -0.05) is 30.3 Å². The molecule has 15 heavy (non-hydrogen) atoms. The summed E-state index contributed by atoms with van der Waals surface area (Å²) in [6.45, 7) is 2.23. The molecule has 1 heterocycles. The van der Waals surface area contributed by atoms with E-state index in [4.69, 9.17) is 0 Å². The molecule has 0 radical (unpaired) electrons. The smallest absolute Gasteiger partial charge is 0.188 e. The molecule has 2 heteroatoms. The minimum atomic E-state index is 0.0994. The van der Waals surface area contributed by atoms with Crippen LogP contribution in [0.5, 0.6) is 0 Å². The minimum Gasteiger partial charge on any atom is -0.311 e. The van der Waals surface area contributed by atoms with E-state index in [0.29, 0.717) is 12.0 Å². The maximum atomic E-state index is 9.21. The highest BCUT2D eigenvalue weighted by Gasteiger charge is 2.56. The van der Waals surface area contributed by atoms with E-state index in [9.17, 15) is 5.26 Å². The molecule has 0 saturated carbocycles. The third-order valence-corrected chi connectivity index (χ3v) is 3.94. The molecular weight excluding hydrogens is 184 g/mol. The number of likely N-dealkylation sites (tertiary alicyclic amines) is 1. The largest absolute Gasteiger partial charge is 0.311 e. The lowest BCUT2D eigenvalue weighted by atomic mass is 9.74. The Bertz CT molecular complexity index is 389. The third kappa shape index (κ3) is 1.35. The zero-order valence-corrected chi connectivity index (χ0v) is 9.51. The van der Waals surface area contributed by atoms with E-state index in [-0.39, 0.29) is 6.04 Å².